The Labute approximate surface area is 154 Å². The Bertz CT molecular complexity index is 1080. The van der Waals surface area contributed by atoms with E-state index >= 15 is 0 Å². The second-order valence-electron chi connectivity index (χ2n) is 6.55. The molecule has 1 atom stereocenters. The fourth-order valence-corrected chi connectivity index (χ4v) is 3.48. The number of rotatable bonds is 4. The monoisotopic (exact) mass is 366 g/mol. The maximum atomic E-state index is 12.7. The number of amides is 1. The highest BCUT2D eigenvalue weighted by Gasteiger charge is 2.32. The SMILES string of the molecule is O=C(O)C1CN(C(=O)CCn2nc3ccccn3c2=O)Cc2ccccc21. The van der Waals surface area contributed by atoms with Crippen molar-refractivity contribution in [2.24, 2.45) is 0 Å². The van der Waals surface area contributed by atoms with Gasteiger partial charge in [0, 0.05) is 25.7 Å². The second-order valence-corrected chi connectivity index (χ2v) is 6.55. The quantitative estimate of drug-likeness (QED) is 0.746. The molecule has 138 valence electrons. The molecule has 0 saturated heterocycles. The minimum Gasteiger partial charge on any atom is -0.481 e. The van der Waals surface area contributed by atoms with Gasteiger partial charge >= 0.3 is 11.7 Å². The van der Waals surface area contributed by atoms with Crippen LogP contribution in [0.4, 0.5) is 0 Å². The van der Waals surface area contributed by atoms with E-state index in [0.717, 1.165) is 11.1 Å². The summed E-state index contributed by atoms with van der Waals surface area (Å²) in [6.07, 6.45) is 1.71. The van der Waals surface area contributed by atoms with Crippen LogP contribution in [0.5, 0.6) is 0 Å². The van der Waals surface area contributed by atoms with Gasteiger partial charge in [0.15, 0.2) is 5.65 Å². The summed E-state index contributed by atoms with van der Waals surface area (Å²) in [6.45, 7) is 0.652. The Hall–Kier alpha value is -3.42. The molecule has 1 unspecified atom stereocenters. The van der Waals surface area contributed by atoms with Crippen LogP contribution in [0.25, 0.3) is 5.65 Å². The minimum absolute atomic E-state index is 0.0816. The summed E-state index contributed by atoms with van der Waals surface area (Å²) in [6, 6.07) is 12.5. The maximum absolute atomic E-state index is 12.7. The molecule has 1 aliphatic heterocycles. The predicted octanol–water partition coefficient (Wildman–Crippen LogP) is 1.10. The number of hydrogen-bond donors (Lipinski definition) is 1. The van der Waals surface area contributed by atoms with Crippen molar-refractivity contribution in [2.75, 3.05) is 6.54 Å². The van der Waals surface area contributed by atoms with E-state index < -0.39 is 11.9 Å². The standard InChI is InChI=1S/C19H18N4O4/c24-17(8-10-23-19(27)22-9-4-3-7-16(22)20-23)21-11-13-5-1-2-6-14(13)15(12-21)18(25)26/h1-7,9,15H,8,10-12H2,(H,25,26). The molecule has 3 heterocycles. The van der Waals surface area contributed by atoms with Crippen molar-refractivity contribution in [1.82, 2.24) is 19.1 Å². The third kappa shape index (κ3) is 3.10. The average Bonchev–Trinajstić information content (AvgIpc) is 3.01. The van der Waals surface area contributed by atoms with Crippen molar-refractivity contribution < 1.29 is 14.7 Å². The fraction of sp³-hybridized carbons (Fsp3) is 0.263. The van der Waals surface area contributed by atoms with Crippen LogP contribution in [0.2, 0.25) is 0 Å². The topological polar surface area (TPSA) is 96.9 Å². The first-order valence-corrected chi connectivity index (χ1v) is 8.67. The number of nitrogens with zero attached hydrogens (tertiary/aromatic N) is 4. The molecule has 4 rings (SSSR count). The summed E-state index contributed by atoms with van der Waals surface area (Å²) in [7, 11) is 0. The van der Waals surface area contributed by atoms with Crippen molar-refractivity contribution in [3.8, 4) is 0 Å². The van der Waals surface area contributed by atoms with E-state index in [4.69, 9.17) is 0 Å². The zero-order valence-electron chi connectivity index (χ0n) is 14.5. The van der Waals surface area contributed by atoms with Gasteiger partial charge in [-0.3, -0.25) is 14.0 Å². The Morgan fingerprint density at radius 2 is 1.93 bits per heavy atom. The number of carboxylic acids is 1. The van der Waals surface area contributed by atoms with E-state index in [0.29, 0.717) is 12.2 Å². The highest BCUT2D eigenvalue weighted by Crippen LogP contribution is 2.28. The van der Waals surface area contributed by atoms with Crippen LogP contribution in [0.3, 0.4) is 0 Å². The number of carboxylic acid groups (broad SMARTS) is 1. The number of hydrogen-bond acceptors (Lipinski definition) is 4. The highest BCUT2D eigenvalue weighted by molar-refractivity contribution is 5.81. The van der Waals surface area contributed by atoms with Gasteiger partial charge in [-0.15, -0.1) is 5.10 Å². The Balaban J connectivity index is 1.51. The Morgan fingerprint density at radius 1 is 1.15 bits per heavy atom. The largest absolute Gasteiger partial charge is 0.481 e. The fourth-order valence-electron chi connectivity index (χ4n) is 3.48. The second kappa shape index (κ2) is 6.71. The van der Waals surface area contributed by atoms with Crippen molar-refractivity contribution in [2.45, 2.75) is 25.4 Å². The number of carbonyl (C=O) groups excluding carboxylic acids is 1. The summed E-state index contributed by atoms with van der Waals surface area (Å²) in [5.74, 6) is -1.88. The summed E-state index contributed by atoms with van der Waals surface area (Å²) in [5.41, 5.74) is 1.82. The predicted molar refractivity (Wildman–Crippen MR) is 96.3 cm³/mol. The van der Waals surface area contributed by atoms with Gasteiger partial charge in [0.2, 0.25) is 5.91 Å². The summed E-state index contributed by atoms with van der Waals surface area (Å²) < 4.78 is 2.68. The molecule has 1 aromatic carbocycles. The smallest absolute Gasteiger partial charge is 0.350 e. The van der Waals surface area contributed by atoms with Gasteiger partial charge in [0.25, 0.3) is 0 Å². The molecule has 1 amide bonds. The van der Waals surface area contributed by atoms with Gasteiger partial charge in [-0.1, -0.05) is 30.3 Å². The van der Waals surface area contributed by atoms with E-state index in [1.165, 1.54) is 9.08 Å². The summed E-state index contributed by atoms with van der Waals surface area (Å²) >= 11 is 0. The number of aromatic nitrogens is 3. The molecular weight excluding hydrogens is 348 g/mol. The van der Waals surface area contributed by atoms with E-state index in [1.807, 2.05) is 18.2 Å². The van der Waals surface area contributed by atoms with Gasteiger partial charge in [-0.25, -0.2) is 9.48 Å². The lowest BCUT2D eigenvalue weighted by Gasteiger charge is -2.32. The number of carbonyl (C=O) groups is 2. The molecule has 3 aromatic rings. The van der Waals surface area contributed by atoms with Crippen molar-refractivity contribution in [3.05, 3.63) is 70.3 Å². The highest BCUT2D eigenvalue weighted by atomic mass is 16.4. The number of benzene rings is 1. The number of aliphatic carboxylic acids is 1. The first-order chi connectivity index (χ1) is 13.0. The van der Waals surface area contributed by atoms with Crippen LogP contribution in [0.15, 0.2) is 53.5 Å². The average molecular weight is 366 g/mol. The number of pyridine rings is 1. The summed E-state index contributed by atoms with van der Waals surface area (Å²) in [4.78, 5) is 38.1. The van der Waals surface area contributed by atoms with E-state index in [1.54, 1.807) is 35.4 Å². The molecule has 0 aliphatic carbocycles. The molecule has 8 nitrogen and oxygen atoms in total. The number of fused-ring (bicyclic) bond motifs is 2. The lowest BCUT2D eigenvalue weighted by molar-refractivity contribution is -0.141. The van der Waals surface area contributed by atoms with Gasteiger partial charge in [-0.05, 0) is 23.3 Å². The molecule has 2 aromatic heterocycles. The van der Waals surface area contributed by atoms with Crippen molar-refractivity contribution in [1.29, 1.82) is 0 Å². The van der Waals surface area contributed by atoms with Gasteiger partial charge in [-0.2, -0.15) is 0 Å². The molecular formula is C19H18N4O4. The van der Waals surface area contributed by atoms with Crippen LogP contribution in [-0.2, 0) is 22.7 Å². The maximum Gasteiger partial charge on any atom is 0.350 e. The normalized spacial score (nSPS) is 16.3. The minimum atomic E-state index is -0.948. The molecule has 0 fully saturated rings. The Morgan fingerprint density at radius 3 is 2.70 bits per heavy atom. The lowest BCUT2D eigenvalue weighted by Crippen LogP contribution is -2.41. The van der Waals surface area contributed by atoms with E-state index in [-0.39, 0.29) is 31.1 Å². The third-order valence-electron chi connectivity index (χ3n) is 4.87. The molecule has 1 aliphatic rings. The van der Waals surface area contributed by atoms with Gasteiger partial charge < -0.3 is 10.0 Å². The Kier molecular flexibility index (Phi) is 4.23. The molecule has 0 saturated carbocycles. The third-order valence-corrected chi connectivity index (χ3v) is 4.87. The van der Waals surface area contributed by atoms with Crippen LogP contribution in [0.1, 0.15) is 23.5 Å². The van der Waals surface area contributed by atoms with Crippen molar-refractivity contribution in [3.63, 3.8) is 0 Å². The van der Waals surface area contributed by atoms with E-state index in [9.17, 15) is 19.5 Å². The zero-order chi connectivity index (χ0) is 19.0. The molecule has 1 N–H and O–H groups in total. The van der Waals surface area contributed by atoms with E-state index in [2.05, 4.69) is 5.10 Å². The van der Waals surface area contributed by atoms with Crippen LogP contribution in [0, 0.1) is 0 Å². The molecule has 0 bridgehead atoms. The van der Waals surface area contributed by atoms with Crippen LogP contribution >= 0.6 is 0 Å². The van der Waals surface area contributed by atoms with Gasteiger partial charge in [0.1, 0.15) is 0 Å². The van der Waals surface area contributed by atoms with Crippen LogP contribution in [-0.4, -0.2) is 42.6 Å². The number of aryl methyl sites for hydroxylation is 1. The molecule has 8 heteroatoms. The molecule has 0 radical (unpaired) electrons. The van der Waals surface area contributed by atoms with Crippen LogP contribution < -0.4 is 5.69 Å². The molecule has 27 heavy (non-hydrogen) atoms. The summed E-state index contributed by atoms with van der Waals surface area (Å²) in [5, 5.41) is 13.7. The van der Waals surface area contributed by atoms with Crippen molar-refractivity contribution >= 4 is 17.5 Å². The zero-order valence-corrected chi connectivity index (χ0v) is 14.5. The molecule has 0 spiro atoms. The van der Waals surface area contributed by atoms with Gasteiger partial charge in [0.05, 0.1) is 12.5 Å². The first-order valence-electron chi connectivity index (χ1n) is 8.67. The lowest BCUT2D eigenvalue weighted by atomic mass is 9.89. The first kappa shape index (κ1) is 17.0.